The van der Waals surface area contributed by atoms with E-state index in [-0.39, 0.29) is 12.6 Å². The standard InChI is InChI=1S/C24H35N3O4S/c1-27(2)16-20-8-9-21(31-20)17-32-13-12-25-23(29)26-15-19(28)14-24(30-3)11-10-18-6-4-5-7-22(18)24/h4-9,19,28H,10-17H2,1-3H3,(H2,25,26,29). The molecule has 1 aromatic carbocycles. The molecular formula is C24H35N3O4S. The number of aryl methyl sites for hydroxylation is 1. The summed E-state index contributed by atoms with van der Waals surface area (Å²) >= 11 is 1.71. The number of hydrogen-bond donors (Lipinski definition) is 3. The number of urea groups is 1. The highest BCUT2D eigenvalue weighted by molar-refractivity contribution is 7.98. The minimum absolute atomic E-state index is 0.188. The van der Waals surface area contributed by atoms with E-state index in [9.17, 15) is 9.90 Å². The van der Waals surface area contributed by atoms with Crippen molar-refractivity contribution < 1.29 is 19.1 Å². The lowest BCUT2D eigenvalue weighted by atomic mass is 9.89. The number of nitrogens with one attached hydrogen (secondary N) is 2. The van der Waals surface area contributed by atoms with Gasteiger partial charge in [0.2, 0.25) is 0 Å². The van der Waals surface area contributed by atoms with Crippen molar-refractivity contribution in [1.82, 2.24) is 15.5 Å². The Morgan fingerprint density at radius 1 is 1.25 bits per heavy atom. The molecule has 2 atom stereocenters. The van der Waals surface area contributed by atoms with Gasteiger partial charge in [0.1, 0.15) is 11.5 Å². The molecule has 2 aromatic rings. The Bertz CT molecular complexity index is 872. The predicted octanol–water partition coefficient (Wildman–Crippen LogP) is 3.11. The minimum atomic E-state index is -0.684. The maximum atomic E-state index is 12.1. The number of aliphatic hydroxyl groups is 1. The zero-order chi connectivity index (χ0) is 23.0. The Hall–Kier alpha value is -2.00. The highest BCUT2D eigenvalue weighted by atomic mass is 32.2. The number of fused-ring (bicyclic) bond motifs is 1. The van der Waals surface area contributed by atoms with Crippen molar-refractivity contribution >= 4 is 17.8 Å². The average molecular weight is 462 g/mol. The first kappa shape index (κ1) is 24.6. The Labute approximate surface area is 194 Å². The van der Waals surface area contributed by atoms with Crippen LogP contribution >= 0.6 is 11.8 Å². The average Bonchev–Trinajstić information content (AvgIpc) is 3.36. The van der Waals surface area contributed by atoms with E-state index in [0.29, 0.717) is 13.0 Å². The van der Waals surface area contributed by atoms with Crippen LogP contribution in [-0.4, -0.2) is 62.2 Å². The van der Waals surface area contributed by atoms with Gasteiger partial charge in [0.05, 0.1) is 24.0 Å². The summed E-state index contributed by atoms with van der Waals surface area (Å²) in [4.78, 5) is 14.1. The van der Waals surface area contributed by atoms with Gasteiger partial charge in [0.25, 0.3) is 0 Å². The van der Waals surface area contributed by atoms with Crippen molar-refractivity contribution in [3.8, 4) is 0 Å². The fraction of sp³-hybridized carbons (Fsp3) is 0.542. The number of rotatable bonds is 12. The number of carbonyl (C=O) groups excluding carboxylic acids is 1. The van der Waals surface area contributed by atoms with E-state index in [1.54, 1.807) is 18.9 Å². The zero-order valence-electron chi connectivity index (χ0n) is 19.2. The van der Waals surface area contributed by atoms with Gasteiger partial charge in [0, 0.05) is 32.4 Å². The second-order valence-corrected chi connectivity index (χ2v) is 9.61. The molecular weight excluding hydrogens is 426 g/mol. The molecule has 0 saturated carbocycles. The molecule has 2 unspecified atom stereocenters. The molecule has 176 valence electrons. The summed E-state index contributed by atoms with van der Waals surface area (Å²) in [7, 11) is 5.71. The molecule has 1 heterocycles. The molecule has 1 aromatic heterocycles. The third-order valence-corrected chi connectivity index (χ3v) is 6.71. The number of amides is 2. The Balaban J connectivity index is 1.31. The van der Waals surface area contributed by atoms with E-state index < -0.39 is 11.7 Å². The highest BCUT2D eigenvalue weighted by Crippen LogP contribution is 2.42. The molecule has 0 fully saturated rings. The van der Waals surface area contributed by atoms with E-state index in [1.165, 1.54) is 5.56 Å². The number of thioether (sulfide) groups is 1. The van der Waals surface area contributed by atoms with Gasteiger partial charge in [-0.2, -0.15) is 11.8 Å². The topological polar surface area (TPSA) is 87.0 Å². The third-order valence-electron chi connectivity index (χ3n) is 5.73. The molecule has 3 N–H and O–H groups in total. The van der Waals surface area contributed by atoms with E-state index >= 15 is 0 Å². The summed E-state index contributed by atoms with van der Waals surface area (Å²) in [5, 5.41) is 16.1. The second kappa shape index (κ2) is 11.7. The van der Waals surface area contributed by atoms with Gasteiger partial charge in [-0.3, -0.25) is 0 Å². The first-order valence-corrected chi connectivity index (χ1v) is 12.2. The first-order chi connectivity index (χ1) is 15.4. The monoisotopic (exact) mass is 461 g/mol. The van der Waals surface area contributed by atoms with Crippen LogP contribution in [0.15, 0.2) is 40.8 Å². The van der Waals surface area contributed by atoms with Crippen LogP contribution in [0.4, 0.5) is 4.79 Å². The Kier molecular flexibility index (Phi) is 9.04. The molecule has 7 nitrogen and oxygen atoms in total. The molecule has 1 aliphatic carbocycles. The Morgan fingerprint density at radius 2 is 2.03 bits per heavy atom. The summed E-state index contributed by atoms with van der Waals surface area (Å²) in [6.45, 7) is 1.52. The van der Waals surface area contributed by atoms with Crippen LogP contribution in [0.25, 0.3) is 0 Å². The fourth-order valence-electron chi connectivity index (χ4n) is 4.19. The third kappa shape index (κ3) is 6.75. The van der Waals surface area contributed by atoms with Crippen molar-refractivity contribution in [3.05, 3.63) is 59.0 Å². The molecule has 2 amide bonds. The zero-order valence-corrected chi connectivity index (χ0v) is 20.0. The van der Waals surface area contributed by atoms with Crippen molar-refractivity contribution in [1.29, 1.82) is 0 Å². The molecule has 0 saturated heterocycles. The fourth-order valence-corrected chi connectivity index (χ4v) is 4.94. The quantitative estimate of drug-likeness (QED) is 0.421. The molecule has 3 rings (SSSR count). The van der Waals surface area contributed by atoms with Crippen LogP contribution in [0.2, 0.25) is 0 Å². The molecule has 0 aliphatic heterocycles. The summed E-state index contributed by atoms with van der Waals surface area (Å²) in [6, 6.07) is 12.0. The number of furan rings is 1. The molecule has 0 spiro atoms. The minimum Gasteiger partial charge on any atom is -0.464 e. The van der Waals surface area contributed by atoms with Gasteiger partial charge < -0.3 is 29.8 Å². The van der Waals surface area contributed by atoms with Crippen LogP contribution in [0, 0.1) is 0 Å². The normalized spacial score (nSPS) is 18.5. The van der Waals surface area contributed by atoms with Crippen molar-refractivity contribution in [2.24, 2.45) is 0 Å². The van der Waals surface area contributed by atoms with Gasteiger partial charge in [-0.15, -0.1) is 0 Å². The summed E-state index contributed by atoms with van der Waals surface area (Å²) < 4.78 is 11.6. The van der Waals surface area contributed by atoms with Gasteiger partial charge in [-0.05, 0) is 50.2 Å². The number of hydrogen-bond acceptors (Lipinski definition) is 6. The van der Waals surface area contributed by atoms with Gasteiger partial charge in [-0.1, -0.05) is 24.3 Å². The molecule has 0 bridgehead atoms. The molecule has 32 heavy (non-hydrogen) atoms. The van der Waals surface area contributed by atoms with Crippen LogP contribution in [0.3, 0.4) is 0 Å². The predicted molar refractivity (Wildman–Crippen MR) is 128 cm³/mol. The van der Waals surface area contributed by atoms with Gasteiger partial charge in [-0.25, -0.2) is 4.79 Å². The van der Waals surface area contributed by atoms with Gasteiger partial charge in [0.15, 0.2) is 0 Å². The number of ether oxygens (including phenoxy) is 1. The van der Waals surface area contributed by atoms with Crippen LogP contribution in [-0.2, 0) is 29.1 Å². The van der Waals surface area contributed by atoms with Crippen molar-refractivity contribution in [3.63, 3.8) is 0 Å². The summed E-state index contributed by atoms with van der Waals surface area (Å²) in [5.74, 6) is 3.46. The Morgan fingerprint density at radius 3 is 2.81 bits per heavy atom. The smallest absolute Gasteiger partial charge is 0.314 e. The number of methoxy groups -OCH3 is 1. The van der Waals surface area contributed by atoms with E-state index in [1.807, 2.05) is 38.4 Å². The van der Waals surface area contributed by atoms with Crippen molar-refractivity contribution in [2.45, 2.75) is 43.3 Å². The lowest BCUT2D eigenvalue weighted by molar-refractivity contribution is -0.0497. The maximum absolute atomic E-state index is 12.1. The maximum Gasteiger partial charge on any atom is 0.314 e. The van der Waals surface area contributed by atoms with E-state index in [0.717, 1.165) is 48.0 Å². The second-order valence-electron chi connectivity index (χ2n) is 8.51. The number of aliphatic hydroxyl groups excluding tert-OH is 1. The number of nitrogens with zero attached hydrogens (tertiary/aromatic N) is 1. The van der Waals surface area contributed by atoms with E-state index in [2.05, 4.69) is 27.7 Å². The lowest BCUT2D eigenvalue weighted by Crippen LogP contribution is -2.42. The number of carbonyl (C=O) groups is 1. The van der Waals surface area contributed by atoms with Crippen molar-refractivity contribution in [2.75, 3.05) is 40.0 Å². The lowest BCUT2D eigenvalue weighted by Gasteiger charge is -2.31. The van der Waals surface area contributed by atoms with Crippen LogP contribution in [0.1, 0.15) is 35.5 Å². The summed E-state index contributed by atoms with van der Waals surface area (Å²) in [5.41, 5.74) is 1.94. The molecule has 0 radical (unpaired) electrons. The molecule has 8 heteroatoms. The van der Waals surface area contributed by atoms with Crippen LogP contribution in [0.5, 0.6) is 0 Å². The first-order valence-electron chi connectivity index (χ1n) is 11.1. The SMILES string of the molecule is COC1(CC(O)CNC(=O)NCCSCc2ccc(CN(C)C)o2)CCc2ccccc21. The summed E-state index contributed by atoms with van der Waals surface area (Å²) in [6.07, 6.45) is 1.55. The van der Waals surface area contributed by atoms with Crippen LogP contribution < -0.4 is 10.6 Å². The molecule has 1 aliphatic rings. The highest BCUT2D eigenvalue weighted by Gasteiger charge is 2.40. The number of benzene rings is 1. The van der Waals surface area contributed by atoms with Gasteiger partial charge >= 0.3 is 6.03 Å². The largest absolute Gasteiger partial charge is 0.464 e. The van der Waals surface area contributed by atoms with E-state index in [4.69, 9.17) is 9.15 Å².